The van der Waals surface area contributed by atoms with Gasteiger partial charge in [-0.15, -0.1) is 0 Å². The molecule has 0 fully saturated rings. The Balaban J connectivity index is 0.939. The Morgan fingerprint density at radius 2 is 0.553 bits per heavy atom. The van der Waals surface area contributed by atoms with E-state index in [-0.39, 0.29) is 16.6 Å². The van der Waals surface area contributed by atoms with E-state index in [1.807, 2.05) is 12.1 Å². The molecular weight excluding hydrogens is 917 g/mol. The fourth-order valence-electron chi connectivity index (χ4n) is 13.7. The number of hydrogen-bond acceptors (Lipinski definition) is 1. The Kier molecular flexibility index (Phi) is 19.4. The van der Waals surface area contributed by atoms with Gasteiger partial charge < -0.3 is 0 Å². The zero-order chi connectivity index (χ0) is 52.6. The van der Waals surface area contributed by atoms with Crippen molar-refractivity contribution in [2.45, 2.75) is 218 Å². The molecule has 0 saturated carbocycles. The first-order valence-corrected chi connectivity index (χ1v) is 30.8. The summed E-state index contributed by atoms with van der Waals surface area (Å²) < 4.78 is 0. The Bertz CT molecular complexity index is 2810. The molecule has 0 saturated heterocycles. The summed E-state index contributed by atoms with van der Waals surface area (Å²) in [6, 6.07) is 44.9. The minimum absolute atomic E-state index is 0.0215. The van der Waals surface area contributed by atoms with Crippen LogP contribution in [0.1, 0.15) is 268 Å². The summed E-state index contributed by atoms with van der Waals surface area (Å²) in [6.45, 7) is 9.23. The van der Waals surface area contributed by atoms with Crippen molar-refractivity contribution in [3.05, 3.63) is 177 Å². The lowest BCUT2D eigenvalue weighted by atomic mass is 9.70. The number of carbonyl (C=O) groups excluding carboxylic acids is 1. The van der Waals surface area contributed by atoms with Gasteiger partial charge in [0.05, 0.1) is 0 Å². The highest BCUT2D eigenvalue weighted by atomic mass is 16.1. The second kappa shape index (κ2) is 26.9. The van der Waals surface area contributed by atoms with Gasteiger partial charge in [0, 0.05) is 44.2 Å². The summed E-state index contributed by atoms with van der Waals surface area (Å²) in [5.41, 5.74) is 18.9. The van der Waals surface area contributed by atoms with Gasteiger partial charge in [0.2, 0.25) is 0 Å². The van der Waals surface area contributed by atoms with Crippen molar-refractivity contribution in [3.63, 3.8) is 0 Å². The fraction of sp³-hybridized carbons (Fsp3) is 0.453. The molecule has 1 heteroatoms. The molecule has 9 rings (SSSR count). The minimum Gasteiger partial charge on any atom is -0.289 e. The van der Waals surface area contributed by atoms with Gasteiger partial charge in [0.1, 0.15) is 0 Å². The van der Waals surface area contributed by atoms with E-state index < -0.39 is 0 Å². The van der Waals surface area contributed by atoms with Crippen LogP contribution < -0.4 is 0 Å². The van der Waals surface area contributed by atoms with Gasteiger partial charge >= 0.3 is 0 Å². The lowest BCUT2D eigenvalue weighted by Gasteiger charge is -2.33. The van der Waals surface area contributed by atoms with Crippen LogP contribution in [0.2, 0.25) is 0 Å². The van der Waals surface area contributed by atoms with E-state index in [1.54, 1.807) is 0 Å². The SMILES string of the molecule is CCCCCCCCC1(CCCCCCCC)c2ccccc2-c2ccc(C#Cc3ccc4c(c3)C(=O)c3cc(C#Cc5ccc6c(c5)C(CCCCCCCC)(CCCCCCCC)c5ccccc5-6)ccc3-4)cc21. The quantitative estimate of drug-likeness (QED) is 0.0353. The van der Waals surface area contributed by atoms with E-state index in [1.165, 1.54) is 224 Å². The summed E-state index contributed by atoms with van der Waals surface area (Å²) in [7, 11) is 0. The number of fused-ring (bicyclic) bond motifs is 9. The standard InChI is InChI=1S/C75H88O/c1-5-9-13-17-21-29-49-74(50-30-22-18-14-10-6-2)69-35-27-25-33-63(69)65-47-43-59(55-71(65)74)39-37-57-41-45-61-62-46-42-58(54-68(62)73(76)67(61)53-57)38-40-60-44-48-66-64-34-26-28-36-70(64)75(72(66)56-60,51-31-23-19-15-11-7-3)52-32-24-20-16-12-8-4/h25-28,33-36,41-48,53-56H,5-24,29-32,49-52H2,1-4H3. The highest BCUT2D eigenvalue weighted by Crippen LogP contribution is 2.56. The molecule has 6 aromatic carbocycles. The van der Waals surface area contributed by atoms with Crippen LogP contribution in [0, 0.1) is 23.7 Å². The van der Waals surface area contributed by atoms with Crippen LogP contribution in [0.4, 0.5) is 0 Å². The third-order valence-electron chi connectivity index (χ3n) is 17.9. The smallest absolute Gasteiger partial charge is 0.194 e. The molecule has 0 heterocycles. The molecule has 0 N–H and O–H groups in total. The van der Waals surface area contributed by atoms with Crippen molar-refractivity contribution in [1.82, 2.24) is 0 Å². The second-order valence-corrected chi connectivity index (χ2v) is 23.2. The second-order valence-electron chi connectivity index (χ2n) is 23.2. The van der Waals surface area contributed by atoms with Crippen molar-refractivity contribution < 1.29 is 4.79 Å². The Morgan fingerprint density at radius 1 is 0.276 bits per heavy atom. The van der Waals surface area contributed by atoms with Crippen LogP contribution in [-0.4, -0.2) is 5.78 Å². The average molecular weight is 1010 g/mol. The van der Waals surface area contributed by atoms with Crippen LogP contribution in [0.15, 0.2) is 121 Å². The number of hydrogen-bond donors (Lipinski definition) is 0. The van der Waals surface area contributed by atoms with Crippen LogP contribution in [0.5, 0.6) is 0 Å². The summed E-state index contributed by atoms with van der Waals surface area (Å²) in [6.07, 6.45) is 36.2. The van der Waals surface area contributed by atoms with Crippen molar-refractivity contribution in [3.8, 4) is 57.1 Å². The number of rotatable bonds is 28. The van der Waals surface area contributed by atoms with Crippen LogP contribution >= 0.6 is 0 Å². The predicted octanol–water partition coefficient (Wildman–Crippen LogP) is 21.2. The van der Waals surface area contributed by atoms with E-state index in [2.05, 4.69) is 161 Å². The molecule has 0 unspecified atom stereocenters. The lowest BCUT2D eigenvalue weighted by molar-refractivity contribution is 0.104. The van der Waals surface area contributed by atoms with E-state index in [0.717, 1.165) is 44.5 Å². The normalized spacial score (nSPS) is 13.7. The maximum atomic E-state index is 14.3. The van der Waals surface area contributed by atoms with Crippen molar-refractivity contribution in [2.75, 3.05) is 0 Å². The first-order chi connectivity index (χ1) is 37.4. The largest absolute Gasteiger partial charge is 0.289 e. The maximum Gasteiger partial charge on any atom is 0.194 e. The van der Waals surface area contributed by atoms with Gasteiger partial charge in [-0.3, -0.25) is 4.79 Å². The van der Waals surface area contributed by atoms with Crippen LogP contribution in [0.25, 0.3) is 33.4 Å². The molecular formula is C75H88O. The third kappa shape index (κ3) is 12.3. The van der Waals surface area contributed by atoms with Crippen LogP contribution in [0.3, 0.4) is 0 Å². The monoisotopic (exact) mass is 1000 g/mol. The summed E-state index contributed by atoms with van der Waals surface area (Å²) >= 11 is 0. The molecule has 0 aromatic heterocycles. The molecule has 1 nitrogen and oxygen atoms in total. The number of ketones is 1. The highest BCUT2D eigenvalue weighted by Gasteiger charge is 2.43. The summed E-state index contributed by atoms with van der Waals surface area (Å²) in [4.78, 5) is 14.3. The average Bonchev–Trinajstić information content (AvgIpc) is 4.05. The van der Waals surface area contributed by atoms with Gasteiger partial charge in [0.25, 0.3) is 0 Å². The first-order valence-electron chi connectivity index (χ1n) is 30.8. The van der Waals surface area contributed by atoms with Crippen molar-refractivity contribution >= 4 is 5.78 Å². The first kappa shape index (κ1) is 54.9. The Labute approximate surface area is 460 Å². The summed E-state index contributed by atoms with van der Waals surface area (Å²) in [5, 5.41) is 0. The van der Waals surface area contributed by atoms with Gasteiger partial charge in [-0.2, -0.15) is 0 Å². The highest BCUT2D eigenvalue weighted by molar-refractivity contribution is 6.22. The van der Waals surface area contributed by atoms with Crippen LogP contribution in [-0.2, 0) is 10.8 Å². The zero-order valence-electron chi connectivity index (χ0n) is 47.3. The molecule has 0 spiro atoms. The van der Waals surface area contributed by atoms with E-state index in [9.17, 15) is 4.79 Å². The van der Waals surface area contributed by atoms with Gasteiger partial charge in [-0.1, -0.05) is 278 Å². The van der Waals surface area contributed by atoms with E-state index in [0.29, 0.717) is 0 Å². The molecule has 0 atom stereocenters. The number of unbranched alkanes of at least 4 members (excludes halogenated alkanes) is 20. The molecule has 0 aliphatic heterocycles. The van der Waals surface area contributed by atoms with E-state index in [4.69, 9.17) is 0 Å². The molecule has 6 aromatic rings. The Hall–Kier alpha value is -5.89. The van der Waals surface area contributed by atoms with Gasteiger partial charge in [0.15, 0.2) is 5.78 Å². The molecule has 0 amide bonds. The zero-order valence-corrected chi connectivity index (χ0v) is 47.3. The third-order valence-corrected chi connectivity index (χ3v) is 17.9. The number of carbonyl (C=O) groups is 1. The molecule has 3 aliphatic carbocycles. The molecule has 76 heavy (non-hydrogen) atoms. The molecule has 0 bridgehead atoms. The maximum absolute atomic E-state index is 14.3. The summed E-state index contributed by atoms with van der Waals surface area (Å²) in [5.74, 6) is 14.3. The van der Waals surface area contributed by atoms with Gasteiger partial charge in [-0.05, 0) is 130 Å². The topological polar surface area (TPSA) is 17.1 Å². The molecule has 0 radical (unpaired) electrons. The molecule has 394 valence electrons. The number of benzene rings is 6. The van der Waals surface area contributed by atoms with Gasteiger partial charge in [-0.25, -0.2) is 0 Å². The van der Waals surface area contributed by atoms with E-state index >= 15 is 0 Å². The van der Waals surface area contributed by atoms with Crippen molar-refractivity contribution in [2.24, 2.45) is 0 Å². The molecule has 3 aliphatic rings. The predicted molar refractivity (Wildman–Crippen MR) is 325 cm³/mol. The fourth-order valence-corrected chi connectivity index (χ4v) is 13.7. The van der Waals surface area contributed by atoms with Crippen molar-refractivity contribution in [1.29, 1.82) is 0 Å². The minimum atomic E-state index is 0.0215. The Morgan fingerprint density at radius 3 is 0.895 bits per heavy atom. The lowest BCUT2D eigenvalue weighted by Crippen LogP contribution is -2.25.